The van der Waals surface area contributed by atoms with E-state index in [9.17, 15) is 4.79 Å². The summed E-state index contributed by atoms with van der Waals surface area (Å²) in [6.07, 6.45) is 2.43. The lowest BCUT2D eigenvalue weighted by molar-refractivity contribution is 0.102. The fourth-order valence-electron chi connectivity index (χ4n) is 2.78. The lowest BCUT2D eigenvalue weighted by Crippen LogP contribution is -2.07. The second-order valence-electron chi connectivity index (χ2n) is 4.98. The molecule has 0 atom stereocenters. The molecule has 96 valence electrons. The monoisotopic (exact) mass is 260 g/mol. The Kier molecular flexibility index (Phi) is 2.36. The summed E-state index contributed by atoms with van der Waals surface area (Å²) < 4.78 is 5.69. The Balaban J connectivity index is 1.88. The van der Waals surface area contributed by atoms with Crippen LogP contribution in [0.2, 0.25) is 0 Å². The first-order valence-corrected chi connectivity index (χ1v) is 6.63. The van der Waals surface area contributed by atoms with E-state index in [0.29, 0.717) is 5.76 Å². The molecule has 1 aliphatic carbocycles. The van der Waals surface area contributed by atoms with E-state index in [1.807, 2.05) is 54.6 Å². The smallest absolute Gasteiger partial charge is 0.221 e. The largest absolute Gasteiger partial charge is 0.452 e. The predicted molar refractivity (Wildman–Crippen MR) is 78.7 cm³/mol. The Morgan fingerprint density at radius 1 is 0.900 bits per heavy atom. The molecule has 0 saturated carbocycles. The number of fused-ring (bicyclic) bond motifs is 3. The van der Waals surface area contributed by atoms with Gasteiger partial charge >= 0.3 is 0 Å². The SMILES string of the molecule is O=C1C=C(c2ccccc2)Cc2c1oc1ccccc21. The van der Waals surface area contributed by atoms with E-state index >= 15 is 0 Å². The summed E-state index contributed by atoms with van der Waals surface area (Å²) in [7, 11) is 0. The third-order valence-electron chi connectivity index (χ3n) is 3.74. The molecule has 0 radical (unpaired) electrons. The van der Waals surface area contributed by atoms with Crippen LogP contribution in [0.4, 0.5) is 0 Å². The second kappa shape index (κ2) is 4.20. The number of hydrogen-bond donors (Lipinski definition) is 0. The van der Waals surface area contributed by atoms with Crippen molar-refractivity contribution in [3.63, 3.8) is 0 Å². The Bertz CT molecular complexity index is 838. The lowest BCUT2D eigenvalue weighted by Gasteiger charge is -2.12. The highest BCUT2D eigenvalue weighted by Gasteiger charge is 2.25. The quantitative estimate of drug-likeness (QED) is 0.654. The molecule has 3 aromatic rings. The molecular formula is C18H12O2. The minimum Gasteiger partial charge on any atom is -0.452 e. The van der Waals surface area contributed by atoms with Crippen molar-refractivity contribution in [2.45, 2.75) is 6.42 Å². The van der Waals surface area contributed by atoms with E-state index in [0.717, 1.165) is 34.1 Å². The van der Waals surface area contributed by atoms with Crippen LogP contribution < -0.4 is 0 Å². The zero-order valence-electron chi connectivity index (χ0n) is 10.8. The minimum absolute atomic E-state index is 0.0405. The van der Waals surface area contributed by atoms with Gasteiger partial charge in [-0.05, 0) is 23.3 Å². The number of furan rings is 1. The molecule has 0 amide bonds. The van der Waals surface area contributed by atoms with Crippen molar-refractivity contribution in [1.29, 1.82) is 0 Å². The summed E-state index contributed by atoms with van der Waals surface area (Å²) >= 11 is 0. The lowest BCUT2D eigenvalue weighted by atomic mass is 9.90. The minimum atomic E-state index is -0.0405. The van der Waals surface area contributed by atoms with E-state index < -0.39 is 0 Å². The number of benzene rings is 2. The van der Waals surface area contributed by atoms with Gasteiger partial charge in [-0.1, -0.05) is 48.5 Å². The Hall–Kier alpha value is -2.61. The van der Waals surface area contributed by atoms with Gasteiger partial charge in [-0.3, -0.25) is 4.79 Å². The topological polar surface area (TPSA) is 30.2 Å². The molecule has 1 aromatic heterocycles. The number of rotatable bonds is 1. The highest BCUT2D eigenvalue weighted by molar-refractivity contribution is 6.13. The maximum absolute atomic E-state index is 12.3. The van der Waals surface area contributed by atoms with Crippen molar-refractivity contribution in [3.8, 4) is 0 Å². The summed E-state index contributed by atoms with van der Waals surface area (Å²) in [6, 6.07) is 17.8. The molecule has 0 fully saturated rings. The zero-order chi connectivity index (χ0) is 13.5. The first-order chi connectivity index (χ1) is 9.83. The normalized spacial score (nSPS) is 14.2. The number of carbonyl (C=O) groups is 1. The molecule has 0 unspecified atom stereocenters. The summed E-state index contributed by atoms with van der Waals surface area (Å²) in [5, 5.41) is 1.04. The molecule has 2 aromatic carbocycles. The molecule has 0 bridgehead atoms. The van der Waals surface area contributed by atoms with Gasteiger partial charge in [0.05, 0.1) is 0 Å². The Morgan fingerprint density at radius 2 is 1.65 bits per heavy atom. The van der Waals surface area contributed by atoms with E-state index in [2.05, 4.69) is 0 Å². The van der Waals surface area contributed by atoms with Crippen LogP contribution in [0.5, 0.6) is 0 Å². The van der Waals surface area contributed by atoms with E-state index in [4.69, 9.17) is 4.42 Å². The van der Waals surface area contributed by atoms with Crippen LogP contribution in [0.15, 0.2) is 65.1 Å². The average Bonchev–Trinajstić information content (AvgIpc) is 2.88. The summed E-state index contributed by atoms with van der Waals surface area (Å²) in [5.41, 5.74) is 3.94. The standard InChI is InChI=1S/C18H12O2/c19-16-11-13(12-6-2-1-3-7-12)10-15-14-8-4-5-9-17(14)20-18(15)16/h1-9,11H,10H2. The van der Waals surface area contributed by atoms with Gasteiger partial charge in [0.2, 0.25) is 5.78 Å². The van der Waals surface area contributed by atoms with Crippen molar-refractivity contribution >= 4 is 22.3 Å². The van der Waals surface area contributed by atoms with Crippen LogP contribution in [0.25, 0.3) is 16.5 Å². The average molecular weight is 260 g/mol. The molecule has 1 heterocycles. The van der Waals surface area contributed by atoms with Crippen LogP contribution in [0, 0.1) is 0 Å². The highest BCUT2D eigenvalue weighted by atomic mass is 16.3. The maximum atomic E-state index is 12.3. The summed E-state index contributed by atoms with van der Waals surface area (Å²) in [4.78, 5) is 12.3. The first-order valence-electron chi connectivity index (χ1n) is 6.63. The maximum Gasteiger partial charge on any atom is 0.221 e. The van der Waals surface area contributed by atoms with Crippen LogP contribution in [-0.4, -0.2) is 5.78 Å². The number of hydrogen-bond acceptors (Lipinski definition) is 2. The number of carbonyl (C=O) groups excluding carboxylic acids is 1. The van der Waals surface area contributed by atoms with E-state index in [1.165, 1.54) is 0 Å². The fraction of sp³-hybridized carbons (Fsp3) is 0.0556. The molecular weight excluding hydrogens is 248 g/mol. The highest BCUT2D eigenvalue weighted by Crippen LogP contribution is 2.34. The van der Waals surface area contributed by atoms with Gasteiger partial charge in [0, 0.05) is 17.4 Å². The van der Waals surface area contributed by atoms with Crippen LogP contribution in [0.3, 0.4) is 0 Å². The third-order valence-corrected chi connectivity index (χ3v) is 3.74. The Labute approximate surface area is 116 Å². The van der Waals surface area contributed by atoms with Gasteiger partial charge < -0.3 is 4.42 Å². The predicted octanol–water partition coefficient (Wildman–Crippen LogP) is 4.26. The second-order valence-corrected chi connectivity index (χ2v) is 4.98. The molecule has 2 heteroatoms. The number of allylic oxidation sites excluding steroid dienone is 2. The molecule has 2 nitrogen and oxygen atoms in total. The third kappa shape index (κ3) is 1.62. The first kappa shape index (κ1) is 11.2. The molecule has 0 spiro atoms. The van der Waals surface area contributed by atoms with Gasteiger partial charge in [0.25, 0.3) is 0 Å². The summed E-state index contributed by atoms with van der Waals surface area (Å²) in [6.45, 7) is 0. The van der Waals surface area contributed by atoms with Gasteiger partial charge in [0.15, 0.2) is 5.76 Å². The fourth-order valence-corrected chi connectivity index (χ4v) is 2.78. The molecule has 0 aliphatic heterocycles. The van der Waals surface area contributed by atoms with E-state index in [-0.39, 0.29) is 5.78 Å². The molecule has 20 heavy (non-hydrogen) atoms. The molecule has 0 saturated heterocycles. The van der Waals surface area contributed by atoms with Crippen molar-refractivity contribution < 1.29 is 9.21 Å². The Morgan fingerprint density at radius 3 is 2.50 bits per heavy atom. The van der Waals surface area contributed by atoms with Gasteiger partial charge in [-0.25, -0.2) is 0 Å². The zero-order valence-corrected chi connectivity index (χ0v) is 10.8. The molecule has 4 rings (SSSR count). The van der Waals surface area contributed by atoms with Crippen LogP contribution >= 0.6 is 0 Å². The van der Waals surface area contributed by atoms with E-state index in [1.54, 1.807) is 6.08 Å². The van der Waals surface area contributed by atoms with Gasteiger partial charge in [-0.2, -0.15) is 0 Å². The number of ketones is 1. The molecule has 0 N–H and O–H groups in total. The van der Waals surface area contributed by atoms with Gasteiger partial charge in [0.1, 0.15) is 5.58 Å². The van der Waals surface area contributed by atoms with Gasteiger partial charge in [-0.15, -0.1) is 0 Å². The van der Waals surface area contributed by atoms with Crippen molar-refractivity contribution in [2.75, 3.05) is 0 Å². The van der Waals surface area contributed by atoms with Crippen molar-refractivity contribution in [2.24, 2.45) is 0 Å². The number of para-hydroxylation sites is 1. The summed E-state index contributed by atoms with van der Waals surface area (Å²) in [5.74, 6) is 0.451. The van der Waals surface area contributed by atoms with Crippen LogP contribution in [0.1, 0.15) is 21.7 Å². The van der Waals surface area contributed by atoms with Crippen molar-refractivity contribution in [1.82, 2.24) is 0 Å². The van der Waals surface area contributed by atoms with Crippen molar-refractivity contribution in [3.05, 3.63) is 77.6 Å². The molecule has 1 aliphatic rings. The van der Waals surface area contributed by atoms with Crippen LogP contribution in [-0.2, 0) is 6.42 Å².